The molecule has 0 atom stereocenters. The normalized spacial score (nSPS) is 10.1. The van der Waals surface area contributed by atoms with E-state index in [0.29, 0.717) is 11.3 Å². The SMILES string of the molecule is Nc1ccc([N+](=O)[O-])cc1COc1ccccc1[N+](=O)[O-]. The maximum absolute atomic E-state index is 10.9. The molecule has 0 fully saturated rings. The molecule has 8 heteroatoms. The second-order valence-corrected chi connectivity index (χ2v) is 4.15. The molecule has 2 aromatic carbocycles. The van der Waals surface area contributed by atoms with Crippen LogP contribution in [0.1, 0.15) is 5.56 Å². The van der Waals surface area contributed by atoms with E-state index < -0.39 is 9.85 Å². The van der Waals surface area contributed by atoms with E-state index >= 15 is 0 Å². The fourth-order valence-electron chi connectivity index (χ4n) is 1.72. The minimum Gasteiger partial charge on any atom is -0.482 e. The van der Waals surface area contributed by atoms with Crippen LogP contribution in [0.3, 0.4) is 0 Å². The van der Waals surface area contributed by atoms with Crippen LogP contribution in [0.15, 0.2) is 42.5 Å². The first-order valence-electron chi connectivity index (χ1n) is 5.88. The number of hydrogen-bond acceptors (Lipinski definition) is 6. The fraction of sp³-hybridized carbons (Fsp3) is 0.0769. The Balaban J connectivity index is 2.22. The molecule has 2 N–H and O–H groups in total. The molecule has 2 aromatic rings. The zero-order chi connectivity index (χ0) is 15.4. The Morgan fingerprint density at radius 3 is 2.43 bits per heavy atom. The van der Waals surface area contributed by atoms with Gasteiger partial charge in [-0.05, 0) is 12.1 Å². The number of rotatable bonds is 5. The molecule has 0 aliphatic heterocycles. The molecule has 2 rings (SSSR count). The molecule has 0 saturated carbocycles. The smallest absolute Gasteiger partial charge is 0.310 e. The molecule has 0 radical (unpaired) electrons. The van der Waals surface area contributed by atoms with E-state index in [1.807, 2.05) is 0 Å². The number of non-ortho nitro benzene ring substituents is 1. The second-order valence-electron chi connectivity index (χ2n) is 4.15. The molecular formula is C13H11N3O5. The van der Waals surface area contributed by atoms with E-state index in [0.717, 1.165) is 0 Å². The van der Waals surface area contributed by atoms with Crippen LogP contribution in [-0.2, 0) is 6.61 Å². The van der Waals surface area contributed by atoms with Gasteiger partial charge in [0, 0.05) is 29.4 Å². The van der Waals surface area contributed by atoms with Crippen LogP contribution in [0.2, 0.25) is 0 Å². The average molecular weight is 289 g/mol. The maximum atomic E-state index is 10.9. The highest BCUT2D eigenvalue weighted by atomic mass is 16.6. The minimum atomic E-state index is -0.563. The Hall–Kier alpha value is -3.16. The standard InChI is InChI=1S/C13H11N3O5/c14-11-6-5-10(15(17)18)7-9(11)8-21-13-4-2-1-3-12(13)16(19)20/h1-7H,8,14H2. The number of nitrogens with two attached hydrogens (primary N) is 1. The predicted molar refractivity (Wildman–Crippen MR) is 74.9 cm³/mol. The molecule has 0 aliphatic carbocycles. The zero-order valence-electron chi connectivity index (χ0n) is 10.8. The Morgan fingerprint density at radius 1 is 1.05 bits per heavy atom. The van der Waals surface area contributed by atoms with Gasteiger partial charge >= 0.3 is 5.69 Å². The number of nitrogens with zero attached hydrogens (tertiary/aromatic N) is 2. The lowest BCUT2D eigenvalue weighted by molar-refractivity contribution is -0.386. The van der Waals surface area contributed by atoms with Crippen LogP contribution in [-0.4, -0.2) is 9.85 Å². The van der Waals surface area contributed by atoms with Crippen molar-refractivity contribution in [2.75, 3.05) is 5.73 Å². The van der Waals surface area contributed by atoms with E-state index in [4.69, 9.17) is 10.5 Å². The Labute approximate surface area is 119 Å². The molecule has 0 amide bonds. The first-order valence-corrected chi connectivity index (χ1v) is 5.88. The summed E-state index contributed by atoms with van der Waals surface area (Å²) in [5.41, 5.74) is 6.13. The summed E-state index contributed by atoms with van der Waals surface area (Å²) < 4.78 is 5.36. The molecule has 0 aromatic heterocycles. The Bertz CT molecular complexity index is 702. The minimum absolute atomic E-state index is 0.0772. The summed E-state index contributed by atoms with van der Waals surface area (Å²) in [6.45, 7) is -0.0988. The number of nitro benzene ring substituents is 2. The number of benzene rings is 2. The van der Waals surface area contributed by atoms with E-state index in [1.54, 1.807) is 6.07 Å². The highest BCUT2D eigenvalue weighted by Crippen LogP contribution is 2.28. The van der Waals surface area contributed by atoms with Crippen molar-refractivity contribution in [1.82, 2.24) is 0 Å². The van der Waals surface area contributed by atoms with Gasteiger partial charge in [0.05, 0.1) is 9.85 Å². The van der Waals surface area contributed by atoms with Crippen molar-refractivity contribution in [2.24, 2.45) is 0 Å². The van der Waals surface area contributed by atoms with Crippen molar-refractivity contribution in [3.63, 3.8) is 0 Å². The summed E-state index contributed by atoms with van der Waals surface area (Å²) in [5, 5.41) is 21.6. The molecule has 0 spiro atoms. The van der Waals surface area contributed by atoms with Gasteiger partial charge in [0.25, 0.3) is 5.69 Å². The summed E-state index contributed by atoms with van der Waals surface area (Å²) in [6.07, 6.45) is 0. The van der Waals surface area contributed by atoms with Crippen molar-refractivity contribution in [1.29, 1.82) is 0 Å². The van der Waals surface area contributed by atoms with E-state index in [1.165, 1.54) is 36.4 Å². The van der Waals surface area contributed by atoms with Crippen LogP contribution in [0, 0.1) is 20.2 Å². The third-order valence-corrected chi connectivity index (χ3v) is 2.78. The summed E-state index contributed by atoms with van der Waals surface area (Å²) in [7, 11) is 0. The summed E-state index contributed by atoms with van der Waals surface area (Å²) in [5.74, 6) is 0.0772. The highest BCUT2D eigenvalue weighted by molar-refractivity contribution is 5.53. The molecule has 8 nitrogen and oxygen atoms in total. The van der Waals surface area contributed by atoms with Gasteiger partial charge in [0.15, 0.2) is 5.75 Å². The maximum Gasteiger partial charge on any atom is 0.310 e. The van der Waals surface area contributed by atoms with Gasteiger partial charge in [-0.2, -0.15) is 0 Å². The molecule has 0 saturated heterocycles. The van der Waals surface area contributed by atoms with Crippen LogP contribution in [0.5, 0.6) is 5.75 Å². The Morgan fingerprint density at radius 2 is 1.76 bits per heavy atom. The van der Waals surface area contributed by atoms with Crippen molar-refractivity contribution < 1.29 is 14.6 Å². The number of anilines is 1. The summed E-state index contributed by atoms with van der Waals surface area (Å²) >= 11 is 0. The van der Waals surface area contributed by atoms with Crippen molar-refractivity contribution in [3.05, 3.63) is 68.3 Å². The molecule has 21 heavy (non-hydrogen) atoms. The average Bonchev–Trinajstić information content (AvgIpc) is 2.46. The van der Waals surface area contributed by atoms with Crippen LogP contribution < -0.4 is 10.5 Å². The number of nitro groups is 2. The summed E-state index contributed by atoms with van der Waals surface area (Å²) in [6, 6.07) is 9.84. The Kier molecular flexibility index (Phi) is 3.98. The van der Waals surface area contributed by atoms with Gasteiger partial charge in [0.2, 0.25) is 0 Å². The highest BCUT2D eigenvalue weighted by Gasteiger charge is 2.15. The monoisotopic (exact) mass is 289 g/mol. The van der Waals surface area contributed by atoms with E-state index in [-0.39, 0.29) is 23.7 Å². The van der Waals surface area contributed by atoms with Gasteiger partial charge in [-0.1, -0.05) is 12.1 Å². The fourth-order valence-corrected chi connectivity index (χ4v) is 1.72. The first-order chi connectivity index (χ1) is 9.99. The van der Waals surface area contributed by atoms with Crippen molar-refractivity contribution >= 4 is 17.1 Å². The van der Waals surface area contributed by atoms with Gasteiger partial charge in [-0.3, -0.25) is 20.2 Å². The third kappa shape index (κ3) is 3.24. The lowest BCUT2D eigenvalue weighted by Crippen LogP contribution is -2.03. The topological polar surface area (TPSA) is 122 Å². The molecule has 0 bridgehead atoms. The third-order valence-electron chi connectivity index (χ3n) is 2.78. The lowest BCUT2D eigenvalue weighted by Gasteiger charge is -2.08. The van der Waals surface area contributed by atoms with Gasteiger partial charge in [0.1, 0.15) is 6.61 Å². The van der Waals surface area contributed by atoms with Gasteiger partial charge in [-0.25, -0.2) is 0 Å². The predicted octanol–water partition coefficient (Wildman–Crippen LogP) is 2.66. The number of ether oxygens (including phenoxy) is 1. The van der Waals surface area contributed by atoms with E-state index in [2.05, 4.69) is 0 Å². The van der Waals surface area contributed by atoms with Gasteiger partial charge < -0.3 is 10.5 Å². The van der Waals surface area contributed by atoms with Crippen LogP contribution in [0.25, 0.3) is 0 Å². The molecular weight excluding hydrogens is 278 g/mol. The lowest BCUT2D eigenvalue weighted by atomic mass is 10.1. The van der Waals surface area contributed by atoms with Crippen LogP contribution in [0.4, 0.5) is 17.1 Å². The molecule has 108 valence electrons. The molecule has 0 heterocycles. The molecule has 0 unspecified atom stereocenters. The van der Waals surface area contributed by atoms with E-state index in [9.17, 15) is 20.2 Å². The van der Waals surface area contributed by atoms with Gasteiger partial charge in [-0.15, -0.1) is 0 Å². The second kappa shape index (κ2) is 5.87. The van der Waals surface area contributed by atoms with Crippen molar-refractivity contribution in [3.8, 4) is 5.75 Å². The summed E-state index contributed by atoms with van der Waals surface area (Å²) in [4.78, 5) is 20.5. The first kappa shape index (κ1) is 14.3. The number of hydrogen-bond donors (Lipinski definition) is 1. The quantitative estimate of drug-likeness (QED) is 0.513. The number of para-hydroxylation sites is 2. The zero-order valence-corrected chi connectivity index (χ0v) is 10.8. The largest absolute Gasteiger partial charge is 0.482 e. The molecule has 0 aliphatic rings. The van der Waals surface area contributed by atoms with Crippen molar-refractivity contribution in [2.45, 2.75) is 6.61 Å². The number of nitrogen functional groups attached to an aromatic ring is 1. The van der Waals surface area contributed by atoms with Crippen LogP contribution >= 0.6 is 0 Å².